The minimum Gasteiger partial charge on any atom is -0.507 e. The number of phenols is 2. The van der Waals surface area contributed by atoms with Crippen LogP contribution >= 0.6 is 0 Å². The van der Waals surface area contributed by atoms with Gasteiger partial charge in [-0.05, 0) is 24.3 Å². The number of fused-ring (bicyclic) bond motifs is 2. The second-order valence-electron chi connectivity index (χ2n) is 6.07. The normalized spacial score (nSPS) is 12.5. The number of aliphatic hydroxyl groups is 1. The molecule has 0 saturated heterocycles. The number of carbonyl (C=O) groups excluding carboxylic acids is 2. The van der Waals surface area contributed by atoms with Gasteiger partial charge in [-0.2, -0.15) is 0 Å². The molecule has 8 heteroatoms. The Morgan fingerprint density at radius 2 is 1.33 bits per heavy atom. The number of nitrogens with one attached hydrogen (secondary N) is 3. The van der Waals surface area contributed by atoms with Crippen molar-refractivity contribution < 1.29 is 24.9 Å². The number of aromatic hydroxyl groups is 2. The van der Waals surface area contributed by atoms with Crippen molar-refractivity contribution in [3.63, 3.8) is 0 Å². The summed E-state index contributed by atoms with van der Waals surface area (Å²) in [4.78, 5) is 26.2. The number of carbonyl (C=O) groups is 2. The second-order valence-corrected chi connectivity index (χ2v) is 6.07. The van der Waals surface area contributed by atoms with Crippen LogP contribution in [-0.4, -0.2) is 60.2 Å². The highest BCUT2D eigenvalue weighted by Crippen LogP contribution is 2.42. The second kappa shape index (κ2) is 7.65. The lowest BCUT2D eigenvalue weighted by atomic mass is 9.81. The van der Waals surface area contributed by atoms with Crippen LogP contribution in [0.3, 0.4) is 0 Å². The van der Waals surface area contributed by atoms with Crippen molar-refractivity contribution in [1.29, 1.82) is 0 Å². The summed E-state index contributed by atoms with van der Waals surface area (Å²) in [5, 5.41) is 38.0. The number of phenolic OH excluding ortho intramolecular Hbond substituents is 2. The van der Waals surface area contributed by atoms with Crippen molar-refractivity contribution in [2.45, 2.75) is 0 Å². The molecular weight excluding hydrogens is 350 g/mol. The quantitative estimate of drug-likeness (QED) is 0.267. The fourth-order valence-electron chi connectivity index (χ4n) is 3.21. The van der Waals surface area contributed by atoms with E-state index in [4.69, 9.17) is 5.11 Å². The maximum atomic E-state index is 13.1. The van der Waals surface area contributed by atoms with Crippen LogP contribution in [0.1, 0.15) is 31.8 Å². The monoisotopic (exact) mass is 371 g/mol. The van der Waals surface area contributed by atoms with Crippen molar-refractivity contribution in [3.05, 3.63) is 46.5 Å². The average molecular weight is 371 g/mol. The molecule has 0 amide bonds. The standard InChI is InChI=1S/C19H21N3O5/c1-20-10-2-3-11(22-7-6-21-8-9-23)15-14(10)18(26)16-12(24)4-5-13(25)17(16)19(15)27/h2-5,20-25H,6-9H2,1H3. The van der Waals surface area contributed by atoms with E-state index in [-0.39, 0.29) is 40.4 Å². The van der Waals surface area contributed by atoms with Gasteiger partial charge < -0.3 is 31.3 Å². The van der Waals surface area contributed by atoms with E-state index >= 15 is 0 Å². The van der Waals surface area contributed by atoms with Crippen LogP contribution in [0.25, 0.3) is 0 Å². The molecule has 27 heavy (non-hydrogen) atoms. The Hall–Kier alpha value is -3.10. The molecule has 0 bridgehead atoms. The van der Waals surface area contributed by atoms with Gasteiger partial charge in [0.2, 0.25) is 11.6 Å². The number of aliphatic hydroxyl groups excluding tert-OH is 1. The van der Waals surface area contributed by atoms with Gasteiger partial charge in [0.25, 0.3) is 0 Å². The molecule has 1 aliphatic carbocycles. The Kier molecular flexibility index (Phi) is 5.29. The summed E-state index contributed by atoms with van der Waals surface area (Å²) in [6.45, 7) is 1.49. The van der Waals surface area contributed by atoms with E-state index in [0.717, 1.165) is 0 Å². The van der Waals surface area contributed by atoms with Gasteiger partial charge >= 0.3 is 0 Å². The summed E-state index contributed by atoms with van der Waals surface area (Å²) in [7, 11) is 1.64. The van der Waals surface area contributed by atoms with Crippen molar-refractivity contribution in [2.75, 3.05) is 43.9 Å². The maximum absolute atomic E-state index is 13.1. The van der Waals surface area contributed by atoms with Gasteiger partial charge in [-0.15, -0.1) is 0 Å². The first-order valence-electron chi connectivity index (χ1n) is 8.55. The predicted molar refractivity (Wildman–Crippen MR) is 101 cm³/mol. The summed E-state index contributed by atoms with van der Waals surface area (Å²) >= 11 is 0. The third kappa shape index (κ3) is 3.20. The topological polar surface area (TPSA) is 131 Å². The zero-order valence-corrected chi connectivity index (χ0v) is 14.8. The lowest BCUT2D eigenvalue weighted by Gasteiger charge is -2.24. The van der Waals surface area contributed by atoms with Crippen LogP contribution in [0.5, 0.6) is 11.5 Å². The maximum Gasteiger partial charge on any atom is 0.200 e. The molecule has 1 aliphatic rings. The molecule has 8 nitrogen and oxygen atoms in total. The molecule has 0 saturated carbocycles. The largest absolute Gasteiger partial charge is 0.507 e. The molecule has 3 rings (SSSR count). The molecule has 2 aromatic carbocycles. The van der Waals surface area contributed by atoms with E-state index in [1.54, 1.807) is 19.2 Å². The number of benzene rings is 2. The van der Waals surface area contributed by atoms with Crippen molar-refractivity contribution >= 4 is 22.9 Å². The number of ketones is 2. The molecule has 142 valence electrons. The van der Waals surface area contributed by atoms with E-state index in [2.05, 4.69) is 16.0 Å². The molecule has 0 aliphatic heterocycles. The Labute approximate surface area is 155 Å². The molecule has 0 atom stereocenters. The number of anilines is 2. The van der Waals surface area contributed by atoms with E-state index in [1.165, 1.54) is 12.1 Å². The van der Waals surface area contributed by atoms with Crippen LogP contribution < -0.4 is 16.0 Å². The fraction of sp³-hybridized carbons (Fsp3) is 0.263. The lowest BCUT2D eigenvalue weighted by molar-refractivity contribution is 0.0975. The first kappa shape index (κ1) is 18.7. The van der Waals surface area contributed by atoms with Gasteiger partial charge in [0.15, 0.2) is 0 Å². The zero-order chi connectivity index (χ0) is 19.6. The zero-order valence-electron chi connectivity index (χ0n) is 14.8. The lowest BCUT2D eigenvalue weighted by Crippen LogP contribution is -2.27. The first-order chi connectivity index (χ1) is 13.0. The summed E-state index contributed by atoms with van der Waals surface area (Å²) in [5.74, 6) is -1.76. The number of hydrogen-bond donors (Lipinski definition) is 6. The minimum absolute atomic E-state index is 0.0266. The van der Waals surface area contributed by atoms with Crippen LogP contribution in [0.4, 0.5) is 11.4 Å². The van der Waals surface area contributed by atoms with E-state index < -0.39 is 11.6 Å². The van der Waals surface area contributed by atoms with Crippen LogP contribution in [-0.2, 0) is 0 Å². The third-order valence-electron chi connectivity index (χ3n) is 4.45. The summed E-state index contributed by atoms with van der Waals surface area (Å²) in [5.41, 5.74) is 0.849. The molecule has 2 aromatic rings. The highest BCUT2D eigenvalue weighted by atomic mass is 16.3. The van der Waals surface area contributed by atoms with Gasteiger partial charge in [-0.25, -0.2) is 0 Å². The van der Waals surface area contributed by atoms with Gasteiger partial charge in [0.1, 0.15) is 11.5 Å². The SMILES string of the molecule is CNc1ccc(NCCNCCO)c2c1C(=O)c1c(O)ccc(O)c1C2=O. The van der Waals surface area contributed by atoms with Crippen LogP contribution in [0.15, 0.2) is 24.3 Å². The van der Waals surface area contributed by atoms with Gasteiger partial charge in [0, 0.05) is 38.1 Å². The Bertz CT molecular complexity index is 911. The molecule has 6 N–H and O–H groups in total. The molecular formula is C19H21N3O5. The molecule has 0 radical (unpaired) electrons. The van der Waals surface area contributed by atoms with Crippen LogP contribution in [0, 0.1) is 0 Å². The van der Waals surface area contributed by atoms with E-state index in [9.17, 15) is 19.8 Å². The van der Waals surface area contributed by atoms with E-state index in [0.29, 0.717) is 31.0 Å². The van der Waals surface area contributed by atoms with Gasteiger partial charge in [0.05, 0.1) is 28.9 Å². The van der Waals surface area contributed by atoms with Gasteiger partial charge in [-0.3, -0.25) is 9.59 Å². The summed E-state index contributed by atoms with van der Waals surface area (Å²) < 4.78 is 0. The van der Waals surface area contributed by atoms with Gasteiger partial charge in [-0.1, -0.05) is 0 Å². The van der Waals surface area contributed by atoms with E-state index in [1.807, 2.05) is 0 Å². The summed E-state index contributed by atoms with van der Waals surface area (Å²) in [6.07, 6.45) is 0. The number of hydrogen-bond acceptors (Lipinski definition) is 8. The smallest absolute Gasteiger partial charge is 0.200 e. The third-order valence-corrected chi connectivity index (χ3v) is 4.45. The minimum atomic E-state index is -0.532. The highest BCUT2D eigenvalue weighted by molar-refractivity contribution is 6.33. The van der Waals surface area contributed by atoms with Crippen molar-refractivity contribution in [3.8, 4) is 11.5 Å². The molecule has 0 spiro atoms. The number of rotatable bonds is 7. The Morgan fingerprint density at radius 3 is 1.89 bits per heavy atom. The summed E-state index contributed by atoms with van der Waals surface area (Å²) in [6, 6.07) is 5.75. The Morgan fingerprint density at radius 1 is 0.778 bits per heavy atom. The Balaban J connectivity index is 2.07. The predicted octanol–water partition coefficient (Wildman–Crippen LogP) is 0.909. The molecule has 0 aromatic heterocycles. The molecule has 0 heterocycles. The fourth-order valence-corrected chi connectivity index (χ4v) is 3.21. The first-order valence-corrected chi connectivity index (χ1v) is 8.55. The molecule has 0 unspecified atom stereocenters. The molecule has 0 fully saturated rings. The highest BCUT2D eigenvalue weighted by Gasteiger charge is 2.37. The van der Waals surface area contributed by atoms with Crippen molar-refractivity contribution in [1.82, 2.24) is 5.32 Å². The van der Waals surface area contributed by atoms with Crippen molar-refractivity contribution in [2.24, 2.45) is 0 Å². The average Bonchev–Trinajstić information content (AvgIpc) is 2.67. The van der Waals surface area contributed by atoms with Crippen LogP contribution in [0.2, 0.25) is 0 Å².